The molecule has 0 radical (unpaired) electrons. The van der Waals surface area contributed by atoms with Crippen LogP contribution < -0.4 is 10.5 Å². The van der Waals surface area contributed by atoms with E-state index in [1.165, 1.54) is 5.56 Å². The van der Waals surface area contributed by atoms with Gasteiger partial charge in [0.15, 0.2) is 0 Å². The van der Waals surface area contributed by atoms with E-state index >= 15 is 0 Å². The SMILES string of the molecule is NCc1c(Cl)ccc2c1CCO2. The van der Waals surface area contributed by atoms with E-state index in [0.29, 0.717) is 6.54 Å². The second-order valence-electron chi connectivity index (χ2n) is 2.81. The third-order valence-electron chi connectivity index (χ3n) is 2.14. The van der Waals surface area contributed by atoms with Gasteiger partial charge in [-0.25, -0.2) is 0 Å². The zero-order chi connectivity index (χ0) is 8.55. The molecule has 0 aromatic heterocycles. The van der Waals surface area contributed by atoms with Gasteiger partial charge < -0.3 is 10.5 Å². The first-order chi connectivity index (χ1) is 5.83. The second-order valence-corrected chi connectivity index (χ2v) is 3.21. The van der Waals surface area contributed by atoms with E-state index in [4.69, 9.17) is 22.1 Å². The van der Waals surface area contributed by atoms with Crippen LogP contribution in [0, 0.1) is 0 Å². The maximum Gasteiger partial charge on any atom is 0.123 e. The summed E-state index contributed by atoms with van der Waals surface area (Å²) >= 11 is 5.97. The Hall–Kier alpha value is -0.730. The lowest BCUT2D eigenvalue weighted by atomic mass is 10.1. The summed E-state index contributed by atoms with van der Waals surface area (Å²) in [6.07, 6.45) is 0.933. The molecule has 2 N–H and O–H groups in total. The second kappa shape index (κ2) is 2.96. The van der Waals surface area contributed by atoms with Crippen LogP contribution in [-0.4, -0.2) is 6.61 Å². The van der Waals surface area contributed by atoms with Crippen LogP contribution in [0.1, 0.15) is 11.1 Å². The van der Waals surface area contributed by atoms with Crippen LogP contribution in [0.15, 0.2) is 12.1 Å². The third kappa shape index (κ3) is 1.08. The van der Waals surface area contributed by atoms with Gasteiger partial charge in [-0.1, -0.05) is 11.6 Å². The molecule has 0 spiro atoms. The predicted molar refractivity (Wildman–Crippen MR) is 48.5 cm³/mol. The molecule has 0 saturated carbocycles. The molecule has 0 saturated heterocycles. The molecular formula is C9H10ClNO. The Morgan fingerprint density at radius 2 is 2.33 bits per heavy atom. The average molecular weight is 184 g/mol. The van der Waals surface area contributed by atoms with Gasteiger partial charge in [-0.05, 0) is 17.7 Å². The molecule has 0 fully saturated rings. The highest BCUT2D eigenvalue weighted by molar-refractivity contribution is 6.31. The van der Waals surface area contributed by atoms with E-state index in [9.17, 15) is 0 Å². The number of halogens is 1. The minimum Gasteiger partial charge on any atom is -0.493 e. The van der Waals surface area contributed by atoms with Crippen molar-refractivity contribution in [1.29, 1.82) is 0 Å². The Morgan fingerprint density at radius 3 is 3.08 bits per heavy atom. The van der Waals surface area contributed by atoms with Crippen LogP contribution in [0.3, 0.4) is 0 Å². The predicted octanol–water partition coefficient (Wildman–Crippen LogP) is 1.73. The summed E-state index contributed by atoms with van der Waals surface area (Å²) in [5, 5.41) is 0.752. The Kier molecular flexibility index (Phi) is 1.95. The van der Waals surface area contributed by atoms with Crippen molar-refractivity contribution in [3.8, 4) is 5.75 Å². The molecule has 12 heavy (non-hydrogen) atoms. The molecular weight excluding hydrogens is 174 g/mol. The maximum atomic E-state index is 5.97. The standard InChI is InChI=1S/C9H10ClNO/c10-8-1-2-9-6(3-4-12-9)7(8)5-11/h1-2H,3-5,11H2. The topological polar surface area (TPSA) is 35.2 Å². The Bertz CT molecular complexity index is 312. The number of nitrogens with two attached hydrogens (primary N) is 1. The molecule has 0 bridgehead atoms. The summed E-state index contributed by atoms with van der Waals surface area (Å²) in [4.78, 5) is 0. The molecule has 1 heterocycles. The fourth-order valence-electron chi connectivity index (χ4n) is 1.54. The van der Waals surface area contributed by atoms with Gasteiger partial charge in [-0.15, -0.1) is 0 Å². The maximum absolute atomic E-state index is 5.97. The van der Waals surface area contributed by atoms with Crippen molar-refractivity contribution in [1.82, 2.24) is 0 Å². The molecule has 1 aromatic carbocycles. The molecule has 1 aliphatic rings. The highest BCUT2D eigenvalue weighted by Crippen LogP contribution is 2.32. The summed E-state index contributed by atoms with van der Waals surface area (Å²) in [6.45, 7) is 1.24. The molecule has 2 rings (SSSR count). The lowest BCUT2D eigenvalue weighted by Crippen LogP contribution is -2.00. The number of rotatable bonds is 1. The summed E-state index contributed by atoms with van der Waals surface area (Å²) in [6, 6.07) is 3.75. The Labute approximate surface area is 76.3 Å². The Balaban J connectivity index is 2.57. The monoisotopic (exact) mass is 183 g/mol. The largest absolute Gasteiger partial charge is 0.493 e. The minimum absolute atomic E-state index is 0.491. The van der Waals surface area contributed by atoms with E-state index in [1.807, 2.05) is 12.1 Å². The van der Waals surface area contributed by atoms with Crippen molar-refractivity contribution in [2.24, 2.45) is 5.73 Å². The quantitative estimate of drug-likeness (QED) is 0.720. The van der Waals surface area contributed by atoms with Crippen molar-refractivity contribution in [2.75, 3.05) is 6.61 Å². The van der Waals surface area contributed by atoms with Gasteiger partial charge in [0, 0.05) is 23.6 Å². The summed E-state index contributed by atoms with van der Waals surface area (Å²) in [7, 11) is 0. The van der Waals surface area contributed by atoms with Crippen molar-refractivity contribution in [3.05, 3.63) is 28.3 Å². The van der Waals surface area contributed by atoms with Crippen LogP contribution >= 0.6 is 11.6 Å². The van der Waals surface area contributed by atoms with E-state index in [1.54, 1.807) is 0 Å². The smallest absolute Gasteiger partial charge is 0.123 e. The van der Waals surface area contributed by atoms with Crippen molar-refractivity contribution in [3.63, 3.8) is 0 Å². The van der Waals surface area contributed by atoms with Gasteiger partial charge in [0.2, 0.25) is 0 Å². The van der Waals surface area contributed by atoms with Crippen LogP contribution in [0.25, 0.3) is 0 Å². The first kappa shape index (κ1) is 7.90. The van der Waals surface area contributed by atoms with Crippen molar-refractivity contribution >= 4 is 11.6 Å². The third-order valence-corrected chi connectivity index (χ3v) is 2.50. The normalized spacial score (nSPS) is 14.2. The summed E-state index contributed by atoms with van der Waals surface area (Å²) in [5.41, 5.74) is 7.80. The number of hydrogen-bond acceptors (Lipinski definition) is 2. The minimum atomic E-state index is 0.491. The molecule has 0 unspecified atom stereocenters. The molecule has 0 aliphatic carbocycles. The molecule has 64 valence electrons. The lowest BCUT2D eigenvalue weighted by molar-refractivity contribution is 0.357. The van der Waals surface area contributed by atoms with Crippen LogP contribution in [-0.2, 0) is 13.0 Å². The zero-order valence-corrected chi connectivity index (χ0v) is 7.40. The van der Waals surface area contributed by atoms with Gasteiger partial charge in [0.05, 0.1) is 6.61 Å². The van der Waals surface area contributed by atoms with Gasteiger partial charge in [0.1, 0.15) is 5.75 Å². The molecule has 3 heteroatoms. The van der Waals surface area contributed by atoms with Crippen molar-refractivity contribution in [2.45, 2.75) is 13.0 Å². The van der Waals surface area contributed by atoms with E-state index in [-0.39, 0.29) is 0 Å². The Morgan fingerprint density at radius 1 is 1.50 bits per heavy atom. The number of benzene rings is 1. The van der Waals surface area contributed by atoms with Crippen LogP contribution in [0.4, 0.5) is 0 Å². The van der Waals surface area contributed by atoms with E-state index in [0.717, 1.165) is 29.4 Å². The van der Waals surface area contributed by atoms with Gasteiger partial charge in [-0.2, -0.15) is 0 Å². The number of hydrogen-bond donors (Lipinski definition) is 1. The average Bonchev–Trinajstić information content (AvgIpc) is 2.52. The lowest BCUT2D eigenvalue weighted by Gasteiger charge is -2.06. The van der Waals surface area contributed by atoms with E-state index in [2.05, 4.69) is 0 Å². The zero-order valence-electron chi connectivity index (χ0n) is 6.64. The number of ether oxygens (including phenoxy) is 1. The van der Waals surface area contributed by atoms with Gasteiger partial charge in [-0.3, -0.25) is 0 Å². The van der Waals surface area contributed by atoms with Crippen LogP contribution in [0.2, 0.25) is 5.02 Å². The first-order valence-corrected chi connectivity index (χ1v) is 4.34. The van der Waals surface area contributed by atoms with Crippen molar-refractivity contribution < 1.29 is 4.74 Å². The fourth-order valence-corrected chi connectivity index (χ4v) is 1.79. The molecule has 0 amide bonds. The fraction of sp³-hybridized carbons (Fsp3) is 0.333. The molecule has 1 aromatic rings. The highest BCUT2D eigenvalue weighted by Gasteiger charge is 2.16. The van der Waals surface area contributed by atoms with Gasteiger partial charge >= 0.3 is 0 Å². The molecule has 2 nitrogen and oxygen atoms in total. The summed E-state index contributed by atoms with van der Waals surface area (Å²) < 4.78 is 5.38. The highest BCUT2D eigenvalue weighted by atomic mass is 35.5. The summed E-state index contributed by atoms with van der Waals surface area (Å²) in [5.74, 6) is 0.944. The first-order valence-electron chi connectivity index (χ1n) is 3.96. The molecule has 1 aliphatic heterocycles. The van der Waals surface area contributed by atoms with E-state index < -0.39 is 0 Å². The van der Waals surface area contributed by atoms with Gasteiger partial charge in [0.25, 0.3) is 0 Å². The van der Waals surface area contributed by atoms with Crippen LogP contribution in [0.5, 0.6) is 5.75 Å². The molecule has 0 atom stereocenters. The number of fused-ring (bicyclic) bond motifs is 1.